The molecular formula is C18H21N3O3S. The minimum atomic E-state index is -0.447. The van der Waals surface area contributed by atoms with Crippen molar-refractivity contribution in [2.24, 2.45) is 0 Å². The van der Waals surface area contributed by atoms with E-state index in [1.54, 1.807) is 18.2 Å². The third-order valence-corrected chi connectivity index (χ3v) is 5.62. The number of nitro groups is 1. The normalized spacial score (nSPS) is 15.4. The lowest BCUT2D eigenvalue weighted by Crippen LogP contribution is -2.44. The van der Waals surface area contributed by atoms with Crippen LogP contribution in [-0.4, -0.2) is 34.9 Å². The number of nitro benzene ring substituents is 1. The summed E-state index contributed by atoms with van der Waals surface area (Å²) < 4.78 is 0. The van der Waals surface area contributed by atoms with Crippen molar-refractivity contribution in [1.82, 2.24) is 10.2 Å². The van der Waals surface area contributed by atoms with Crippen LogP contribution in [0.25, 0.3) is 0 Å². The van der Waals surface area contributed by atoms with Crippen LogP contribution in [-0.2, 0) is 24.2 Å². The Balaban J connectivity index is 1.52. The molecule has 2 heterocycles. The van der Waals surface area contributed by atoms with Gasteiger partial charge in [0.25, 0.3) is 5.69 Å². The highest BCUT2D eigenvalue weighted by atomic mass is 32.1. The maximum absolute atomic E-state index is 12.2. The largest absolute Gasteiger partial charge is 0.354 e. The van der Waals surface area contributed by atoms with Gasteiger partial charge in [0.15, 0.2) is 0 Å². The van der Waals surface area contributed by atoms with Crippen LogP contribution in [0.15, 0.2) is 35.7 Å². The summed E-state index contributed by atoms with van der Waals surface area (Å²) in [6.07, 6.45) is 1.08. The highest BCUT2D eigenvalue weighted by Crippen LogP contribution is 2.25. The quantitative estimate of drug-likeness (QED) is 0.636. The Hall–Kier alpha value is -2.25. The Bertz CT molecular complexity index is 774. The van der Waals surface area contributed by atoms with Crippen LogP contribution >= 0.6 is 11.3 Å². The van der Waals surface area contributed by atoms with Crippen LogP contribution in [0.3, 0.4) is 0 Å². The first-order valence-corrected chi connectivity index (χ1v) is 9.21. The summed E-state index contributed by atoms with van der Waals surface area (Å²) in [5, 5.41) is 16.1. The maximum atomic E-state index is 12.2. The fourth-order valence-electron chi connectivity index (χ4n) is 3.11. The fraction of sp³-hybridized carbons (Fsp3) is 0.389. The second-order valence-electron chi connectivity index (χ2n) is 6.31. The standard InChI is InChI=1S/C18H21N3O3S/c1-13(20-8-6-17-15(12-20)7-9-25-17)11-19-18(22)10-14-4-2-3-5-16(14)21(23)24/h2-5,7,9,13H,6,8,10-12H2,1H3,(H,19,22)/t13-/m0/s1. The lowest BCUT2D eigenvalue weighted by Gasteiger charge is -2.32. The van der Waals surface area contributed by atoms with Crippen LogP contribution in [0.1, 0.15) is 22.9 Å². The van der Waals surface area contributed by atoms with Gasteiger partial charge in [-0.3, -0.25) is 19.8 Å². The maximum Gasteiger partial charge on any atom is 0.273 e. The second kappa shape index (κ2) is 7.76. The predicted molar refractivity (Wildman–Crippen MR) is 97.7 cm³/mol. The molecule has 1 aromatic heterocycles. The van der Waals surface area contributed by atoms with Crippen molar-refractivity contribution in [2.75, 3.05) is 13.1 Å². The molecule has 2 aromatic rings. The van der Waals surface area contributed by atoms with Gasteiger partial charge in [-0.05, 0) is 30.4 Å². The number of hydrogen-bond acceptors (Lipinski definition) is 5. The van der Waals surface area contributed by atoms with Crippen LogP contribution in [0.5, 0.6) is 0 Å². The summed E-state index contributed by atoms with van der Waals surface area (Å²) in [6.45, 7) is 4.55. The lowest BCUT2D eigenvalue weighted by atomic mass is 10.1. The molecule has 1 aromatic carbocycles. The van der Waals surface area contributed by atoms with Crippen molar-refractivity contribution in [3.05, 3.63) is 61.8 Å². The fourth-order valence-corrected chi connectivity index (χ4v) is 4.00. The monoisotopic (exact) mass is 359 g/mol. The molecule has 0 spiro atoms. The summed E-state index contributed by atoms with van der Waals surface area (Å²) >= 11 is 1.81. The number of nitrogens with zero attached hydrogens (tertiary/aromatic N) is 2. The molecule has 0 radical (unpaired) electrons. The molecule has 3 rings (SSSR count). The molecule has 0 fully saturated rings. The summed E-state index contributed by atoms with van der Waals surface area (Å²) in [7, 11) is 0. The molecule has 1 atom stereocenters. The molecule has 0 aliphatic carbocycles. The van der Waals surface area contributed by atoms with Crippen molar-refractivity contribution in [3.63, 3.8) is 0 Å². The summed E-state index contributed by atoms with van der Waals surface area (Å²) in [4.78, 5) is 26.6. The second-order valence-corrected chi connectivity index (χ2v) is 7.31. The Labute approximate surface area is 150 Å². The van der Waals surface area contributed by atoms with Crippen LogP contribution < -0.4 is 5.32 Å². The van der Waals surface area contributed by atoms with E-state index >= 15 is 0 Å². The van der Waals surface area contributed by atoms with Gasteiger partial charge in [-0.25, -0.2) is 0 Å². The van der Waals surface area contributed by atoms with E-state index in [2.05, 4.69) is 28.6 Å². The number of para-hydroxylation sites is 1. The van der Waals surface area contributed by atoms with Crippen molar-refractivity contribution >= 4 is 22.9 Å². The first-order chi connectivity index (χ1) is 12.0. The number of nitrogens with one attached hydrogen (secondary N) is 1. The van der Waals surface area contributed by atoms with E-state index in [4.69, 9.17) is 0 Å². The Morgan fingerprint density at radius 1 is 1.40 bits per heavy atom. The predicted octanol–water partition coefficient (Wildman–Crippen LogP) is 2.76. The lowest BCUT2D eigenvalue weighted by molar-refractivity contribution is -0.385. The topological polar surface area (TPSA) is 75.5 Å². The van der Waals surface area contributed by atoms with Gasteiger partial charge in [0.05, 0.1) is 11.3 Å². The van der Waals surface area contributed by atoms with Crippen molar-refractivity contribution < 1.29 is 9.72 Å². The van der Waals surface area contributed by atoms with Crippen molar-refractivity contribution in [3.8, 4) is 0 Å². The van der Waals surface area contributed by atoms with E-state index in [0.717, 1.165) is 19.5 Å². The van der Waals surface area contributed by atoms with Gasteiger partial charge in [-0.2, -0.15) is 0 Å². The highest BCUT2D eigenvalue weighted by Gasteiger charge is 2.22. The van der Waals surface area contributed by atoms with Crippen molar-refractivity contribution in [2.45, 2.75) is 32.4 Å². The molecule has 1 amide bonds. The first-order valence-electron chi connectivity index (χ1n) is 8.33. The number of amides is 1. The summed E-state index contributed by atoms with van der Waals surface area (Å²) in [5.41, 5.74) is 1.82. The number of fused-ring (bicyclic) bond motifs is 1. The van der Waals surface area contributed by atoms with E-state index in [1.807, 2.05) is 11.3 Å². The van der Waals surface area contributed by atoms with E-state index in [1.165, 1.54) is 16.5 Å². The van der Waals surface area contributed by atoms with Crippen molar-refractivity contribution in [1.29, 1.82) is 0 Å². The van der Waals surface area contributed by atoms with Gasteiger partial charge in [0, 0.05) is 42.2 Å². The van der Waals surface area contributed by atoms with Gasteiger partial charge in [-0.15, -0.1) is 11.3 Å². The highest BCUT2D eigenvalue weighted by molar-refractivity contribution is 7.10. The molecule has 0 bridgehead atoms. The van der Waals surface area contributed by atoms with Gasteiger partial charge in [0.2, 0.25) is 5.91 Å². The third kappa shape index (κ3) is 4.24. The number of hydrogen-bond donors (Lipinski definition) is 1. The Morgan fingerprint density at radius 3 is 3.00 bits per heavy atom. The minimum Gasteiger partial charge on any atom is -0.354 e. The zero-order valence-corrected chi connectivity index (χ0v) is 14.9. The van der Waals surface area contributed by atoms with Gasteiger partial charge in [0.1, 0.15) is 0 Å². The molecule has 7 heteroatoms. The van der Waals surface area contributed by atoms with Crippen LogP contribution in [0, 0.1) is 10.1 Å². The SMILES string of the molecule is C[C@@H](CNC(=O)Cc1ccccc1[N+](=O)[O-])N1CCc2sccc2C1. The first kappa shape index (κ1) is 17.6. The van der Waals surface area contributed by atoms with E-state index < -0.39 is 4.92 Å². The molecule has 0 saturated heterocycles. The molecule has 0 unspecified atom stereocenters. The van der Waals surface area contributed by atoms with Gasteiger partial charge >= 0.3 is 0 Å². The molecule has 0 saturated carbocycles. The number of thiophene rings is 1. The van der Waals surface area contributed by atoms with Gasteiger partial charge < -0.3 is 5.32 Å². The average Bonchev–Trinajstić information content (AvgIpc) is 3.07. The molecule has 6 nitrogen and oxygen atoms in total. The molecule has 1 N–H and O–H groups in total. The number of rotatable bonds is 6. The Morgan fingerprint density at radius 2 is 2.20 bits per heavy atom. The van der Waals surface area contributed by atoms with E-state index in [9.17, 15) is 14.9 Å². The summed E-state index contributed by atoms with van der Waals surface area (Å²) in [5.74, 6) is -0.186. The van der Waals surface area contributed by atoms with Crippen LogP contribution in [0.2, 0.25) is 0 Å². The molecule has 1 aliphatic rings. The molecule has 1 aliphatic heterocycles. The molecule has 25 heavy (non-hydrogen) atoms. The van der Waals surface area contributed by atoms with Gasteiger partial charge in [-0.1, -0.05) is 18.2 Å². The van der Waals surface area contributed by atoms with E-state index in [0.29, 0.717) is 12.1 Å². The Kier molecular flexibility index (Phi) is 5.45. The zero-order valence-electron chi connectivity index (χ0n) is 14.1. The third-order valence-electron chi connectivity index (χ3n) is 4.59. The van der Waals surface area contributed by atoms with Crippen LogP contribution in [0.4, 0.5) is 5.69 Å². The number of carbonyl (C=O) groups excluding carboxylic acids is 1. The average molecular weight is 359 g/mol. The molecular weight excluding hydrogens is 338 g/mol. The number of benzene rings is 1. The number of carbonyl (C=O) groups is 1. The zero-order chi connectivity index (χ0) is 17.8. The smallest absolute Gasteiger partial charge is 0.273 e. The minimum absolute atomic E-state index is 0.00767. The molecule has 132 valence electrons. The van der Waals surface area contributed by atoms with E-state index in [-0.39, 0.29) is 24.1 Å². The summed E-state index contributed by atoms with van der Waals surface area (Å²) in [6, 6.07) is 8.77.